The van der Waals surface area contributed by atoms with Crippen LogP contribution in [0, 0.1) is 19.8 Å². The SMILES string of the molecule is Cc1ccc(C)c(NC(=O)[C@H]2CCCN(c3ncccn3)C2)c1. The predicted octanol–water partition coefficient (Wildman–Crippen LogP) is 2.95. The number of amides is 1. The van der Waals surface area contributed by atoms with E-state index in [9.17, 15) is 4.79 Å². The molecule has 5 heteroatoms. The zero-order valence-electron chi connectivity index (χ0n) is 13.6. The van der Waals surface area contributed by atoms with Crippen LogP contribution >= 0.6 is 0 Å². The summed E-state index contributed by atoms with van der Waals surface area (Å²) in [5.41, 5.74) is 3.14. The van der Waals surface area contributed by atoms with Gasteiger partial charge in [0, 0.05) is 31.2 Å². The molecule has 1 aromatic carbocycles. The van der Waals surface area contributed by atoms with Gasteiger partial charge in [0.15, 0.2) is 0 Å². The predicted molar refractivity (Wildman–Crippen MR) is 91.5 cm³/mol. The van der Waals surface area contributed by atoms with Crippen LogP contribution in [-0.4, -0.2) is 29.0 Å². The molecule has 5 nitrogen and oxygen atoms in total. The van der Waals surface area contributed by atoms with Gasteiger partial charge in [0.2, 0.25) is 11.9 Å². The number of aryl methyl sites for hydroxylation is 2. The van der Waals surface area contributed by atoms with E-state index in [1.807, 2.05) is 26.0 Å². The van der Waals surface area contributed by atoms with Crippen LogP contribution in [0.5, 0.6) is 0 Å². The van der Waals surface area contributed by atoms with E-state index >= 15 is 0 Å². The van der Waals surface area contributed by atoms with Crippen LogP contribution in [-0.2, 0) is 4.79 Å². The van der Waals surface area contributed by atoms with Crippen LogP contribution < -0.4 is 10.2 Å². The van der Waals surface area contributed by atoms with Crippen LogP contribution in [0.25, 0.3) is 0 Å². The molecule has 0 unspecified atom stereocenters. The third-order valence-electron chi connectivity index (χ3n) is 4.28. The van der Waals surface area contributed by atoms with Crippen molar-refractivity contribution in [3.8, 4) is 0 Å². The van der Waals surface area contributed by atoms with Gasteiger partial charge in [-0.05, 0) is 49.9 Å². The van der Waals surface area contributed by atoms with Gasteiger partial charge in [0.25, 0.3) is 0 Å². The second kappa shape index (κ2) is 6.77. The molecule has 0 bridgehead atoms. The van der Waals surface area contributed by atoms with Crippen molar-refractivity contribution in [1.82, 2.24) is 9.97 Å². The molecule has 1 atom stereocenters. The van der Waals surface area contributed by atoms with Crippen molar-refractivity contribution in [3.05, 3.63) is 47.8 Å². The molecule has 0 spiro atoms. The van der Waals surface area contributed by atoms with E-state index in [1.165, 1.54) is 0 Å². The first-order chi connectivity index (χ1) is 11.1. The van der Waals surface area contributed by atoms with E-state index in [0.29, 0.717) is 12.5 Å². The molecule has 1 aliphatic heterocycles. The van der Waals surface area contributed by atoms with E-state index < -0.39 is 0 Å². The Labute approximate surface area is 136 Å². The lowest BCUT2D eigenvalue weighted by atomic mass is 9.97. The molecule has 0 aliphatic carbocycles. The van der Waals surface area contributed by atoms with E-state index in [1.54, 1.807) is 18.5 Å². The molecular weight excluding hydrogens is 288 g/mol. The summed E-state index contributed by atoms with van der Waals surface area (Å²) < 4.78 is 0. The molecule has 23 heavy (non-hydrogen) atoms. The normalized spacial score (nSPS) is 17.8. The van der Waals surface area contributed by atoms with Crippen molar-refractivity contribution < 1.29 is 4.79 Å². The van der Waals surface area contributed by atoms with Crippen LogP contribution in [0.15, 0.2) is 36.7 Å². The summed E-state index contributed by atoms with van der Waals surface area (Å²) in [4.78, 5) is 23.3. The highest BCUT2D eigenvalue weighted by atomic mass is 16.1. The number of carbonyl (C=O) groups is 1. The van der Waals surface area contributed by atoms with Gasteiger partial charge in [-0.3, -0.25) is 4.79 Å². The Kier molecular flexibility index (Phi) is 4.55. The summed E-state index contributed by atoms with van der Waals surface area (Å²) >= 11 is 0. The quantitative estimate of drug-likeness (QED) is 0.947. The lowest BCUT2D eigenvalue weighted by molar-refractivity contribution is -0.120. The largest absolute Gasteiger partial charge is 0.340 e. The first kappa shape index (κ1) is 15.5. The second-order valence-electron chi connectivity index (χ2n) is 6.14. The second-order valence-corrected chi connectivity index (χ2v) is 6.14. The van der Waals surface area contributed by atoms with Gasteiger partial charge < -0.3 is 10.2 Å². The van der Waals surface area contributed by atoms with Crippen molar-refractivity contribution in [3.63, 3.8) is 0 Å². The van der Waals surface area contributed by atoms with Crippen LogP contribution in [0.1, 0.15) is 24.0 Å². The Bertz CT molecular complexity index is 687. The average Bonchev–Trinajstić information content (AvgIpc) is 2.59. The number of piperidine rings is 1. The average molecular weight is 310 g/mol. The lowest BCUT2D eigenvalue weighted by Crippen LogP contribution is -2.41. The molecule has 1 amide bonds. The minimum Gasteiger partial charge on any atom is -0.340 e. The highest BCUT2D eigenvalue weighted by Gasteiger charge is 2.27. The van der Waals surface area contributed by atoms with Gasteiger partial charge in [0.1, 0.15) is 0 Å². The van der Waals surface area contributed by atoms with Crippen molar-refractivity contribution >= 4 is 17.5 Å². The minimum absolute atomic E-state index is 0.0348. The third-order valence-corrected chi connectivity index (χ3v) is 4.28. The topological polar surface area (TPSA) is 58.1 Å². The molecule has 1 fully saturated rings. The number of nitrogens with one attached hydrogen (secondary N) is 1. The van der Waals surface area contributed by atoms with Gasteiger partial charge in [-0.1, -0.05) is 12.1 Å². The van der Waals surface area contributed by atoms with Gasteiger partial charge in [0.05, 0.1) is 5.92 Å². The highest BCUT2D eigenvalue weighted by molar-refractivity contribution is 5.93. The first-order valence-corrected chi connectivity index (χ1v) is 8.03. The fourth-order valence-corrected chi connectivity index (χ4v) is 2.93. The number of aromatic nitrogens is 2. The maximum absolute atomic E-state index is 12.6. The molecule has 1 N–H and O–H groups in total. The molecule has 2 heterocycles. The molecule has 120 valence electrons. The van der Waals surface area contributed by atoms with Gasteiger partial charge in [-0.2, -0.15) is 0 Å². The Morgan fingerprint density at radius 2 is 2.04 bits per heavy atom. The maximum Gasteiger partial charge on any atom is 0.229 e. The Morgan fingerprint density at radius 3 is 2.83 bits per heavy atom. The molecule has 1 aromatic heterocycles. The minimum atomic E-state index is -0.0348. The fourth-order valence-electron chi connectivity index (χ4n) is 2.93. The van der Waals surface area contributed by atoms with Gasteiger partial charge in [-0.15, -0.1) is 0 Å². The van der Waals surface area contributed by atoms with Crippen molar-refractivity contribution in [2.24, 2.45) is 5.92 Å². The van der Waals surface area contributed by atoms with E-state index in [2.05, 4.69) is 26.3 Å². The van der Waals surface area contributed by atoms with Crippen LogP contribution in [0.2, 0.25) is 0 Å². The molecule has 0 saturated carbocycles. The van der Waals surface area contributed by atoms with Crippen LogP contribution in [0.4, 0.5) is 11.6 Å². The monoisotopic (exact) mass is 310 g/mol. The summed E-state index contributed by atoms with van der Waals surface area (Å²) in [6.07, 6.45) is 5.35. The van der Waals surface area contributed by atoms with Crippen molar-refractivity contribution in [2.75, 3.05) is 23.3 Å². The Morgan fingerprint density at radius 1 is 1.26 bits per heavy atom. The maximum atomic E-state index is 12.6. The zero-order valence-corrected chi connectivity index (χ0v) is 13.6. The zero-order chi connectivity index (χ0) is 16.2. The molecule has 3 rings (SSSR count). The van der Waals surface area contributed by atoms with Gasteiger partial charge in [-0.25, -0.2) is 9.97 Å². The van der Waals surface area contributed by atoms with E-state index in [-0.39, 0.29) is 11.8 Å². The number of benzene rings is 1. The molecule has 1 saturated heterocycles. The highest BCUT2D eigenvalue weighted by Crippen LogP contribution is 2.23. The fraction of sp³-hybridized carbons (Fsp3) is 0.389. The smallest absolute Gasteiger partial charge is 0.229 e. The Balaban J connectivity index is 1.69. The number of carbonyl (C=O) groups excluding carboxylic acids is 1. The summed E-state index contributed by atoms with van der Waals surface area (Å²) in [7, 11) is 0. The summed E-state index contributed by atoms with van der Waals surface area (Å²) in [5, 5.41) is 3.09. The number of hydrogen-bond donors (Lipinski definition) is 1. The standard InChI is InChI=1S/C18H22N4O/c1-13-6-7-14(2)16(11-13)21-17(23)15-5-3-10-22(12-15)18-19-8-4-9-20-18/h4,6-9,11,15H,3,5,10,12H2,1-2H3,(H,21,23)/t15-/m0/s1. The van der Waals surface area contributed by atoms with Crippen molar-refractivity contribution in [2.45, 2.75) is 26.7 Å². The number of rotatable bonds is 3. The van der Waals surface area contributed by atoms with E-state index in [0.717, 1.165) is 36.2 Å². The third kappa shape index (κ3) is 3.67. The van der Waals surface area contributed by atoms with E-state index in [4.69, 9.17) is 0 Å². The lowest BCUT2D eigenvalue weighted by Gasteiger charge is -2.32. The summed E-state index contributed by atoms with van der Waals surface area (Å²) in [5.74, 6) is 0.753. The number of nitrogens with zero attached hydrogens (tertiary/aromatic N) is 3. The molecule has 2 aromatic rings. The number of hydrogen-bond acceptors (Lipinski definition) is 4. The Hall–Kier alpha value is -2.43. The number of anilines is 2. The molecule has 1 aliphatic rings. The molecular formula is C18H22N4O. The summed E-state index contributed by atoms with van der Waals surface area (Å²) in [6.45, 7) is 5.61. The summed E-state index contributed by atoms with van der Waals surface area (Å²) in [6, 6.07) is 7.92. The van der Waals surface area contributed by atoms with Crippen molar-refractivity contribution in [1.29, 1.82) is 0 Å². The molecule has 0 radical (unpaired) electrons. The van der Waals surface area contributed by atoms with Crippen LogP contribution in [0.3, 0.4) is 0 Å². The first-order valence-electron chi connectivity index (χ1n) is 8.03. The van der Waals surface area contributed by atoms with Gasteiger partial charge >= 0.3 is 0 Å².